The second-order valence-corrected chi connectivity index (χ2v) is 5.33. The summed E-state index contributed by atoms with van der Waals surface area (Å²) < 4.78 is 1.74. The van der Waals surface area contributed by atoms with Crippen molar-refractivity contribution >= 4 is 28.0 Å². The molecule has 0 amide bonds. The van der Waals surface area contributed by atoms with Crippen molar-refractivity contribution in [2.24, 2.45) is 0 Å². The van der Waals surface area contributed by atoms with E-state index in [1.807, 2.05) is 0 Å². The van der Waals surface area contributed by atoms with Crippen LogP contribution in [0.1, 0.15) is 13.8 Å². The third-order valence-electron chi connectivity index (χ3n) is 2.96. The lowest BCUT2D eigenvalue weighted by Gasteiger charge is -2.19. The van der Waals surface area contributed by atoms with E-state index in [0.29, 0.717) is 29.0 Å². The average molecular weight is 261 g/mol. The molecule has 1 aromatic carbocycles. The molecule has 0 radical (unpaired) electrons. The molecular weight excluding hydrogens is 246 g/mol. The molecular formula is C12H15N5O2. The highest BCUT2D eigenvalue weighted by atomic mass is 16.3. The van der Waals surface area contributed by atoms with Crippen molar-refractivity contribution in [2.75, 3.05) is 5.73 Å². The van der Waals surface area contributed by atoms with Crippen LogP contribution in [0.4, 0.5) is 5.95 Å². The van der Waals surface area contributed by atoms with Crippen molar-refractivity contribution in [3.8, 4) is 0 Å². The summed E-state index contributed by atoms with van der Waals surface area (Å²) >= 11 is 0. The van der Waals surface area contributed by atoms with Crippen molar-refractivity contribution in [1.82, 2.24) is 19.5 Å². The van der Waals surface area contributed by atoms with E-state index in [4.69, 9.17) is 5.73 Å². The minimum atomic E-state index is -0.901. The molecule has 5 N–H and O–H groups in total. The number of hydrogen-bond acceptors (Lipinski definition) is 4. The first-order valence-electron chi connectivity index (χ1n) is 5.94. The summed E-state index contributed by atoms with van der Waals surface area (Å²) in [5.41, 5.74) is 7.56. The van der Waals surface area contributed by atoms with Crippen LogP contribution in [0, 0.1) is 0 Å². The maximum absolute atomic E-state index is 11.3. The summed E-state index contributed by atoms with van der Waals surface area (Å²) in [5, 5.41) is 9.92. The Bertz CT molecular complexity index is 818. The molecule has 2 aromatic heterocycles. The minimum Gasteiger partial charge on any atom is -0.389 e. The molecule has 0 aliphatic heterocycles. The van der Waals surface area contributed by atoms with Gasteiger partial charge in [-0.15, -0.1) is 0 Å². The number of fused-ring (bicyclic) bond motifs is 2. The summed E-state index contributed by atoms with van der Waals surface area (Å²) in [4.78, 5) is 20.9. The van der Waals surface area contributed by atoms with Crippen LogP contribution in [0.3, 0.4) is 0 Å². The molecule has 0 spiro atoms. The third-order valence-corrected chi connectivity index (χ3v) is 2.96. The van der Waals surface area contributed by atoms with E-state index in [0.717, 1.165) is 5.52 Å². The van der Waals surface area contributed by atoms with Gasteiger partial charge in [0.1, 0.15) is 0 Å². The molecule has 7 nitrogen and oxygen atoms in total. The van der Waals surface area contributed by atoms with Gasteiger partial charge >= 0.3 is 5.69 Å². The van der Waals surface area contributed by atoms with Crippen LogP contribution < -0.4 is 11.4 Å². The molecule has 0 aliphatic carbocycles. The van der Waals surface area contributed by atoms with Crippen LogP contribution in [0.5, 0.6) is 0 Å². The lowest BCUT2D eigenvalue weighted by atomic mass is 10.1. The van der Waals surface area contributed by atoms with Gasteiger partial charge in [-0.05, 0) is 26.0 Å². The molecule has 0 bridgehead atoms. The molecule has 19 heavy (non-hydrogen) atoms. The van der Waals surface area contributed by atoms with Crippen LogP contribution >= 0.6 is 0 Å². The predicted molar refractivity (Wildman–Crippen MR) is 72.9 cm³/mol. The van der Waals surface area contributed by atoms with Crippen LogP contribution in [0.2, 0.25) is 0 Å². The van der Waals surface area contributed by atoms with E-state index in [1.54, 1.807) is 30.5 Å². The molecule has 0 unspecified atom stereocenters. The van der Waals surface area contributed by atoms with Crippen molar-refractivity contribution in [3.63, 3.8) is 0 Å². The Morgan fingerprint density at radius 2 is 2.00 bits per heavy atom. The molecule has 100 valence electrons. The molecule has 0 aliphatic rings. The normalized spacial score (nSPS) is 12.6. The fourth-order valence-electron chi connectivity index (χ4n) is 2.23. The highest BCUT2D eigenvalue weighted by molar-refractivity contribution is 5.92. The van der Waals surface area contributed by atoms with Gasteiger partial charge in [0.25, 0.3) is 0 Å². The fraction of sp³-hybridized carbons (Fsp3) is 0.333. The number of aliphatic hydroxyl groups is 1. The Morgan fingerprint density at radius 3 is 2.63 bits per heavy atom. The zero-order valence-electron chi connectivity index (χ0n) is 10.7. The number of nitrogen functional groups attached to an aromatic ring is 1. The summed E-state index contributed by atoms with van der Waals surface area (Å²) in [6, 6.07) is 3.57. The highest BCUT2D eigenvalue weighted by Gasteiger charge is 2.18. The molecule has 0 saturated carbocycles. The standard InChI is InChI=1S/C12H15N5O2/c1-12(2,19)5-17-9-4-7-6(15-11(18)16-7)3-8(9)14-10(17)13/h3-4,19H,5H2,1-2H3,(H2,13,14)(H2,15,16,18). The molecule has 7 heteroatoms. The Kier molecular flexibility index (Phi) is 2.24. The summed E-state index contributed by atoms with van der Waals surface area (Å²) in [7, 11) is 0. The van der Waals surface area contributed by atoms with E-state index in [9.17, 15) is 9.90 Å². The quantitative estimate of drug-likeness (QED) is 0.539. The van der Waals surface area contributed by atoms with Crippen LogP contribution in [-0.2, 0) is 6.54 Å². The zero-order chi connectivity index (χ0) is 13.8. The number of benzene rings is 1. The number of hydrogen-bond donors (Lipinski definition) is 4. The minimum absolute atomic E-state index is 0.260. The lowest BCUT2D eigenvalue weighted by Crippen LogP contribution is -2.26. The van der Waals surface area contributed by atoms with E-state index >= 15 is 0 Å². The number of aromatic amines is 2. The maximum Gasteiger partial charge on any atom is 0.323 e. The van der Waals surface area contributed by atoms with Gasteiger partial charge in [-0.25, -0.2) is 9.78 Å². The van der Waals surface area contributed by atoms with Crippen LogP contribution in [0.25, 0.3) is 22.1 Å². The first-order valence-corrected chi connectivity index (χ1v) is 5.94. The number of H-pyrrole nitrogens is 2. The average Bonchev–Trinajstić information content (AvgIpc) is 2.74. The van der Waals surface area contributed by atoms with Gasteiger partial charge in [0.05, 0.1) is 34.2 Å². The Balaban J connectivity index is 2.29. The predicted octanol–water partition coefficient (Wildman–Crippen LogP) is 0.559. The van der Waals surface area contributed by atoms with Gasteiger partial charge < -0.3 is 25.4 Å². The van der Waals surface area contributed by atoms with E-state index in [-0.39, 0.29) is 5.69 Å². The van der Waals surface area contributed by atoms with Crippen molar-refractivity contribution in [3.05, 3.63) is 22.6 Å². The van der Waals surface area contributed by atoms with Gasteiger partial charge in [-0.1, -0.05) is 0 Å². The number of nitrogens with zero attached hydrogens (tertiary/aromatic N) is 2. The summed E-state index contributed by atoms with van der Waals surface area (Å²) in [6.45, 7) is 3.74. The maximum atomic E-state index is 11.3. The molecule has 0 atom stereocenters. The SMILES string of the molecule is CC(C)(O)Cn1c(N)nc2cc3[nH]c(=O)[nH]c3cc21. The molecule has 3 aromatic rings. The monoisotopic (exact) mass is 261 g/mol. The number of nitrogens with one attached hydrogen (secondary N) is 2. The Morgan fingerprint density at radius 1 is 1.37 bits per heavy atom. The van der Waals surface area contributed by atoms with Crippen molar-refractivity contribution in [2.45, 2.75) is 26.0 Å². The highest BCUT2D eigenvalue weighted by Crippen LogP contribution is 2.23. The van der Waals surface area contributed by atoms with Gasteiger partial charge in [0.15, 0.2) is 0 Å². The molecule has 0 saturated heterocycles. The smallest absolute Gasteiger partial charge is 0.323 e. The summed E-state index contributed by atoms with van der Waals surface area (Å²) in [5.74, 6) is 0.340. The zero-order valence-corrected chi connectivity index (χ0v) is 10.7. The lowest BCUT2D eigenvalue weighted by molar-refractivity contribution is 0.0633. The van der Waals surface area contributed by atoms with Crippen molar-refractivity contribution in [1.29, 1.82) is 0 Å². The van der Waals surface area contributed by atoms with Crippen molar-refractivity contribution < 1.29 is 5.11 Å². The summed E-state index contributed by atoms with van der Waals surface area (Å²) in [6.07, 6.45) is 0. The largest absolute Gasteiger partial charge is 0.389 e. The van der Waals surface area contributed by atoms with Crippen LogP contribution in [0.15, 0.2) is 16.9 Å². The fourth-order valence-corrected chi connectivity index (χ4v) is 2.23. The number of aromatic nitrogens is 4. The first-order chi connectivity index (χ1) is 8.83. The van der Waals surface area contributed by atoms with Gasteiger partial charge in [0, 0.05) is 0 Å². The molecule has 2 heterocycles. The Hall–Kier alpha value is -2.28. The number of nitrogens with two attached hydrogens (primary N) is 1. The van der Waals surface area contributed by atoms with E-state index in [1.165, 1.54) is 0 Å². The number of rotatable bonds is 2. The van der Waals surface area contributed by atoms with Gasteiger partial charge in [-0.2, -0.15) is 0 Å². The number of anilines is 1. The second kappa shape index (κ2) is 3.61. The Labute approximate surface area is 108 Å². The van der Waals surface area contributed by atoms with Gasteiger partial charge in [0.2, 0.25) is 5.95 Å². The molecule has 3 rings (SSSR count). The van der Waals surface area contributed by atoms with E-state index < -0.39 is 5.60 Å². The second-order valence-electron chi connectivity index (χ2n) is 5.33. The van der Waals surface area contributed by atoms with E-state index in [2.05, 4.69) is 15.0 Å². The third kappa shape index (κ3) is 1.97. The topological polar surface area (TPSA) is 113 Å². The molecule has 0 fully saturated rings. The van der Waals surface area contributed by atoms with Gasteiger partial charge in [-0.3, -0.25) is 0 Å². The first kappa shape index (κ1) is 11.8. The number of imidazole rings is 2. The van der Waals surface area contributed by atoms with Crippen LogP contribution in [-0.4, -0.2) is 30.2 Å².